The van der Waals surface area contributed by atoms with E-state index in [1.165, 1.54) is 12.8 Å². The topological polar surface area (TPSA) is 0 Å². The standard InChI is InChI=1S/C14H21F/c1-11(2)7-4-5-9-13-10-6-8-12(3)14(13)15/h6,8,10-11H,4-5,7,9H2,1-3H3. The van der Waals surface area contributed by atoms with Crippen molar-refractivity contribution in [1.82, 2.24) is 0 Å². The summed E-state index contributed by atoms with van der Waals surface area (Å²) in [5.74, 6) is 0.745. The highest BCUT2D eigenvalue weighted by Gasteiger charge is 2.04. The molecule has 0 fully saturated rings. The molecule has 0 atom stereocenters. The lowest BCUT2D eigenvalue weighted by atomic mass is 10.0. The van der Waals surface area contributed by atoms with Gasteiger partial charge in [-0.05, 0) is 36.8 Å². The number of hydrogen-bond donors (Lipinski definition) is 0. The Bertz CT molecular complexity index is 302. The molecule has 1 rings (SSSR count). The zero-order chi connectivity index (χ0) is 11.3. The van der Waals surface area contributed by atoms with Gasteiger partial charge in [-0.25, -0.2) is 4.39 Å². The first-order valence-electron chi connectivity index (χ1n) is 5.85. The minimum atomic E-state index is -0.0120. The normalized spacial score (nSPS) is 11.0. The number of halogens is 1. The first kappa shape index (κ1) is 12.2. The van der Waals surface area contributed by atoms with Crippen molar-refractivity contribution in [3.05, 3.63) is 35.1 Å². The molecule has 0 nitrogen and oxygen atoms in total. The molecule has 0 aliphatic carbocycles. The van der Waals surface area contributed by atoms with Gasteiger partial charge in [0.25, 0.3) is 0 Å². The van der Waals surface area contributed by atoms with Gasteiger partial charge in [0, 0.05) is 0 Å². The zero-order valence-corrected chi connectivity index (χ0v) is 10.0. The highest BCUT2D eigenvalue weighted by atomic mass is 19.1. The fraction of sp³-hybridized carbons (Fsp3) is 0.571. The van der Waals surface area contributed by atoms with E-state index in [9.17, 15) is 4.39 Å². The third-order valence-corrected chi connectivity index (χ3v) is 2.75. The SMILES string of the molecule is Cc1cccc(CCCCC(C)C)c1F. The Balaban J connectivity index is 2.41. The number of hydrogen-bond acceptors (Lipinski definition) is 0. The van der Waals surface area contributed by atoms with Crippen molar-refractivity contribution >= 4 is 0 Å². The summed E-state index contributed by atoms with van der Waals surface area (Å²) in [5.41, 5.74) is 1.63. The van der Waals surface area contributed by atoms with Gasteiger partial charge in [-0.3, -0.25) is 0 Å². The highest BCUT2D eigenvalue weighted by molar-refractivity contribution is 5.24. The minimum Gasteiger partial charge on any atom is -0.206 e. The molecule has 0 amide bonds. The lowest BCUT2D eigenvalue weighted by Gasteiger charge is -2.06. The van der Waals surface area contributed by atoms with Crippen molar-refractivity contribution in [3.63, 3.8) is 0 Å². The maximum absolute atomic E-state index is 13.6. The second-order valence-electron chi connectivity index (χ2n) is 4.69. The smallest absolute Gasteiger partial charge is 0.129 e. The van der Waals surface area contributed by atoms with Gasteiger partial charge >= 0.3 is 0 Å². The van der Waals surface area contributed by atoms with Crippen LogP contribution in [-0.2, 0) is 6.42 Å². The van der Waals surface area contributed by atoms with Crippen LogP contribution >= 0.6 is 0 Å². The largest absolute Gasteiger partial charge is 0.206 e. The molecule has 0 saturated carbocycles. The lowest BCUT2D eigenvalue weighted by Crippen LogP contribution is -1.94. The summed E-state index contributed by atoms with van der Waals surface area (Å²) in [6, 6.07) is 5.67. The quantitative estimate of drug-likeness (QED) is 0.625. The average Bonchev–Trinajstić information content (AvgIpc) is 2.18. The van der Waals surface area contributed by atoms with Gasteiger partial charge in [0.05, 0.1) is 0 Å². The number of benzene rings is 1. The van der Waals surface area contributed by atoms with Crippen LogP contribution in [0.4, 0.5) is 4.39 Å². The molecule has 0 aliphatic heterocycles. The van der Waals surface area contributed by atoms with Crippen LogP contribution in [0.1, 0.15) is 44.2 Å². The molecule has 0 spiro atoms. The predicted molar refractivity (Wildman–Crippen MR) is 63.5 cm³/mol. The van der Waals surface area contributed by atoms with E-state index < -0.39 is 0 Å². The average molecular weight is 208 g/mol. The number of unbranched alkanes of at least 4 members (excludes halogenated alkanes) is 1. The van der Waals surface area contributed by atoms with Crippen LogP contribution in [0.2, 0.25) is 0 Å². The molecule has 1 aromatic rings. The van der Waals surface area contributed by atoms with Gasteiger partial charge in [-0.1, -0.05) is 44.9 Å². The summed E-state index contributed by atoms with van der Waals surface area (Å²) in [6.45, 7) is 6.29. The third-order valence-electron chi connectivity index (χ3n) is 2.75. The van der Waals surface area contributed by atoms with Crippen LogP contribution in [0.3, 0.4) is 0 Å². The Morgan fingerprint density at radius 3 is 2.60 bits per heavy atom. The second kappa shape index (κ2) is 5.89. The summed E-state index contributed by atoms with van der Waals surface area (Å²) < 4.78 is 13.6. The Morgan fingerprint density at radius 2 is 1.93 bits per heavy atom. The molecule has 1 heteroatoms. The highest BCUT2D eigenvalue weighted by Crippen LogP contribution is 2.15. The van der Waals surface area contributed by atoms with E-state index in [-0.39, 0.29) is 5.82 Å². The Kier molecular flexibility index (Phi) is 4.80. The van der Waals surface area contributed by atoms with E-state index in [1.54, 1.807) is 0 Å². The first-order chi connectivity index (χ1) is 7.11. The number of aryl methyl sites for hydroxylation is 2. The maximum Gasteiger partial charge on any atom is 0.129 e. The summed E-state index contributed by atoms with van der Waals surface area (Å²) >= 11 is 0. The van der Waals surface area contributed by atoms with E-state index in [1.807, 2.05) is 25.1 Å². The van der Waals surface area contributed by atoms with Gasteiger partial charge in [0.1, 0.15) is 5.82 Å². The van der Waals surface area contributed by atoms with Crippen LogP contribution in [0.25, 0.3) is 0 Å². The molecule has 0 radical (unpaired) electrons. The third kappa shape index (κ3) is 4.03. The lowest BCUT2D eigenvalue weighted by molar-refractivity contribution is 0.530. The maximum atomic E-state index is 13.6. The van der Waals surface area contributed by atoms with E-state index in [4.69, 9.17) is 0 Å². The van der Waals surface area contributed by atoms with Gasteiger partial charge in [-0.2, -0.15) is 0 Å². The van der Waals surface area contributed by atoms with Crippen LogP contribution in [0.5, 0.6) is 0 Å². The molecule has 0 aliphatic rings. The van der Waals surface area contributed by atoms with Crippen LogP contribution in [0.15, 0.2) is 18.2 Å². The van der Waals surface area contributed by atoms with Crippen molar-refractivity contribution in [2.75, 3.05) is 0 Å². The van der Waals surface area contributed by atoms with E-state index in [2.05, 4.69) is 13.8 Å². The van der Waals surface area contributed by atoms with Crippen molar-refractivity contribution < 1.29 is 4.39 Å². The second-order valence-corrected chi connectivity index (χ2v) is 4.69. The van der Waals surface area contributed by atoms with Crippen molar-refractivity contribution in [1.29, 1.82) is 0 Å². The molecule has 15 heavy (non-hydrogen) atoms. The molecule has 0 heterocycles. The van der Waals surface area contributed by atoms with Crippen LogP contribution < -0.4 is 0 Å². The Hall–Kier alpha value is -0.850. The molecule has 0 bridgehead atoms. The molecule has 0 aromatic heterocycles. The summed E-state index contributed by atoms with van der Waals surface area (Å²) in [6.07, 6.45) is 4.41. The van der Waals surface area contributed by atoms with Crippen molar-refractivity contribution in [2.24, 2.45) is 5.92 Å². The molecule has 84 valence electrons. The zero-order valence-electron chi connectivity index (χ0n) is 10.0. The summed E-state index contributed by atoms with van der Waals surface area (Å²) in [5, 5.41) is 0. The number of rotatable bonds is 5. The summed E-state index contributed by atoms with van der Waals surface area (Å²) in [7, 11) is 0. The summed E-state index contributed by atoms with van der Waals surface area (Å²) in [4.78, 5) is 0. The molecule has 1 aromatic carbocycles. The van der Waals surface area contributed by atoms with E-state index >= 15 is 0 Å². The fourth-order valence-corrected chi connectivity index (χ4v) is 1.77. The first-order valence-corrected chi connectivity index (χ1v) is 5.85. The fourth-order valence-electron chi connectivity index (χ4n) is 1.77. The van der Waals surface area contributed by atoms with Gasteiger partial charge < -0.3 is 0 Å². The Morgan fingerprint density at radius 1 is 1.20 bits per heavy atom. The molecule has 0 N–H and O–H groups in total. The predicted octanol–water partition coefficient (Wildman–Crippen LogP) is 4.50. The van der Waals surface area contributed by atoms with Gasteiger partial charge in [0.15, 0.2) is 0 Å². The molecule has 0 saturated heterocycles. The molecule has 0 unspecified atom stereocenters. The van der Waals surface area contributed by atoms with Gasteiger partial charge in [0.2, 0.25) is 0 Å². The van der Waals surface area contributed by atoms with E-state index in [0.29, 0.717) is 0 Å². The molecular formula is C14H21F. The van der Waals surface area contributed by atoms with Crippen molar-refractivity contribution in [3.8, 4) is 0 Å². The molecular weight excluding hydrogens is 187 g/mol. The monoisotopic (exact) mass is 208 g/mol. The van der Waals surface area contributed by atoms with Gasteiger partial charge in [-0.15, -0.1) is 0 Å². The van der Waals surface area contributed by atoms with Crippen molar-refractivity contribution in [2.45, 2.75) is 46.5 Å². The van der Waals surface area contributed by atoms with Crippen LogP contribution in [0, 0.1) is 18.7 Å². The van der Waals surface area contributed by atoms with E-state index in [0.717, 1.165) is 29.9 Å². The Labute approximate surface area is 92.5 Å². The van der Waals surface area contributed by atoms with Crippen LogP contribution in [-0.4, -0.2) is 0 Å². The minimum absolute atomic E-state index is 0.0120.